The van der Waals surface area contributed by atoms with E-state index in [1.165, 1.54) is 27.9 Å². The first-order chi connectivity index (χ1) is 12.9. The highest BCUT2D eigenvalue weighted by Crippen LogP contribution is 2.33. The summed E-state index contributed by atoms with van der Waals surface area (Å²) in [6.07, 6.45) is 0.0186. The first-order valence-corrected chi connectivity index (χ1v) is 8.02. The molecular weight excluding hydrogens is 363 g/mol. The van der Waals surface area contributed by atoms with E-state index in [1.807, 2.05) is 6.92 Å². The number of nitrogens with zero attached hydrogens (tertiary/aromatic N) is 5. The van der Waals surface area contributed by atoms with Gasteiger partial charge in [-0.15, -0.1) is 0 Å². The SMILES string of the molecule is CCn1ncc(CNC(=O)Nc2cc(C(F)(F)F)ccc2-n2cccn2)n1. The van der Waals surface area contributed by atoms with Crippen LogP contribution >= 0.6 is 0 Å². The average Bonchev–Trinajstić information content (AvgIpc) is 3.31. The van der Waals surface area contributed by atoms with Crippen molar-refractivity contribution in [2.24, 2.45) is 0 Å². The number of halogens is 3. The van der Waals surface area contributed by atoms with Crippen molar-refractivity contribution in [2.45, 2.75) is 26.2 Å². The van der Waals surface area contributed by atoms with E-state index in [1.54, 1.807) is 12.3 Å². The second-order valence-electron chi connectivity index (χ2n) is 5.51. The van der Waals surface area contributed by atoms with E-state index in [4.69, 9.17) is 0 Å². The lowest BCUT2D eigenvalue weighted by Crippen LogP contribution is -2.29. The highest BCUT2D eigenvalue weighted by Gasteiger charge is 2.31. The summed E-state index contributed by atoms with van der Waals surface area (Å²) in [6.45, 7) is 2.54. The molecule has 0 bridgehead atoms. The zero-order valence-corrected chi connectivity index (χ0v) is 14.2. The van der Waals surface area contributed by atoms with E-state index in [9.17, 15) is 18.0 Å². The summed E-state index contributed by atoms with van der Waals surface area (Å²) in [4.78, 5) is 13.6. The highest BCUT2D eigenvalue weighted by atomic mass is 19.4. The molecule has 3 aromatic rings. The Morgan fingerprint density at radius 2 is 2.07 bits per heavy atom. The van der Waals surface area contributed by atoms with Gasteiger partial charge in [0, 0.05) is 12.4 Å². The summed E-state index contributed by atoms with van der Waals surface area (Å²) < 4.78 is 40.4. The fourth-order valence-corrected chi connectivity index (χ4v) is 2.33. The highest BCUT2D eigenvalue weighted by molar-refractivity contribution is 5.91. The number of aryl methyl sites for hydroxylation is 1. The van der Waals surface area contributed by atoms with Crippen molar-refractivity contribution in [3.63, 3.8) is 0 Å². The molecular formula is C16H16F3N7O. The molecule has 0 aliphatic rings. The molecule has 0 saturated carbocycles. The molecule has 11 heteroatoms. The topological polar surface area (TPSA) is 89.7 Å². The fraction of sp³-hybridized carbons (Fsp3) is 0.250. The maximum Gasteiger partial charge on any atom is 0.416 e. The van der Waals surface area contributed by atoms with Crippen LogP contribution in [0, 0.1) is 0 Å². The minimum absolute atomic E-state index is 0.0248. The molecule has 0 aliphatic carbocycles. The van der Waals surface area contributed by atoms with Gasteiger partial charge in [-0.05, 0) is 31.2 Å². The normalized spacial score (nSPS) is 11.4. The van der Waals surface area contributed by atoms with Crippen LogP contribution in [0.15, 0.2) is 42.9 Å². The maximum atomic E-state index is 13.0. The van der Waals surface area contributed by atoms with Crippen LogP contribution in [0.3, 0.4) is 0 Å². The number of aromatic nitrogens is 5. The van der Waals surface area contributed by atoms with Crippen LogP contribution in [0.2, 0.25) is 0 Å². The second kappa shape index (κ2) is 7.48. The Bertz CT molecular complexity index is 918. The third kappa shape index (κ3) is 4.43. The molecule has 0 spiro atoms. The van der Waals surface area contributed by atoms with Gasteiger partial charge < -0.3 is 10.6 Å². The van der Waals surface area contributed by atoms with Crippen molar-refractivity contribution < 1.29 is 18.0 Å². The zero-order chi connectivity index (χ0) is 19.4. The number of benzene rings is 1. The molecule has 27 heavy (non-hydrogen) atoms. The molecule has 1 aromatic carbocycles. The fourth-order valence-electron chi connectivity index (χ4n) is 2.33. The molecule has 0 radical (unpaired) electrons. The van der Waals surface area contributed by atoms with Crippen molar-refractivity contribution in [1.82, 2.24) is 30.1 Å². The third-order valence-electron chi connectivity index (χ3n) is 3.62. The number of carbonyl (C=O) groups excluding carboxylic acids is 1. The van der Waals surface area contributed by atoms with Gasteiger partial charge in [-0.3, -0.25) is 0 Å². The molecule has 2 N–H and O–H groups in total. The minimum atomic E-state index is -4.53. The molecule has 2 heterocycles. The van der Waals surface area contributed by atoms with Gasteiger partial charge in [0.1, 0.15) is 5.69 Å². The van der Waals surface area contributed by atoms with Crippen LogP contribution in [0.4, 0.5) is 23.7 Å². The Kier molecular flexibility index (Phi) is 5.10. The van der Waals surface area contributed by atoms with Crippen LogP contribution in [-0.2, 0) is 19.3 Å². The van der Waals surface area contributed by atoms with Crippen molar-refractivity contribution >= 4 is 11.7 Å². The van der Waals surface area contributed by atoms with E-state index in [0.717, 1.165) is 12.1 Å². The summed E-state index contributed by atoms with van der Waals surface area (Å²) in [6, 6.07) is 4.00. The largest absolute Gasteiger partial charge is 0.416 e. The Morgan fingerprint density at radius 1 is 1.26 bits per heavy atom. The van der Waals surface area contributed by atoms with Gasteiger partial charge in [-0.1, -0.05) is 0 Å². The van der Waals surface area contributed by atoms with E-state index in [2.05, 4.69) is 25.9 Å². The lowest BCUT2D eigenvalue weighted by Gasteiger charge is -2.15. The second-order valence-corrected chi connectivity index (χ2v) is 5.51. The molecule has 0 saturated heterocycles. The summed E-state index contributed by atoms with van der Waals surface area (Å²) in [5.74, 6) is 0. The van der Waals surface area contributed by atoms with Crippen LogP contribution in [0.25, 0.3) is 5.69 Å². The number of urea groups is 1. The first kappa shape index (κ1) is 18.4. The van der Waals surface area contributed by atoms with Gasteiger partial charge in [0.2, 0.25) is 0 Å². The number of carbonyl (C=O) groups is 1. The lowest BCUT2D eigenvalue weighted by atomic mass is 10.1. The van der Waals surface area contributed by atoms with E-state index in [-0.39, 0.29) is 12.2 Å². The Balaban J connectivity index is 1.77. The van der Waals surface area contributed by atoms with Gasteiger partial charge in [-0.25, -0.2) is 9.48 Å². The Labute approximate surface area is 152 Å². The standard InChI is InChI=1S/C16H16F3N7O/c1-2-26-22-10-12(24-26)9-20-15(27)23-13-8-11(16(17,18)19)4-5-14(13)25-7-3-6-21-25/h3-8,10H,2,9H2,1H3,(H2,20,23,27). The summed E-state index contributed by atoms with van der Waals surface area (Å²) >= 11 is 0. The quantitative estimate of drug-likeness (QED) is 0.713. The molecule has 0 fully saturated rings. The van der Waals surface area contributed by atoms with Crippen molar-refractivity contribution in [2.75, 3.05) is 5.32 Å². The minimum Gasteiger partial charge on any atom is -0.332 e. The Morgan fingerprint density at radius 3 is 2.70 bits per heavy atom. The molecule has 2 aromatic heterocycles. The van der Waals surface area contributed by atoms with E-state index < -0.39 is 17.8 Å². The average molecular weight is 379 g/mol. The molecule has 0 unspecified atom stereocenters. The van der Waals surface area contributed by atoms with Crippen molar-refractivity contribution in [1.29, 1.82) is 0 Å². The lowest BCUT2D eigenvalue weighted by molar-refractivity contribution is -0.137. The predicted molar refractivity (Wildman–Crippen MR) is 90.1 cm³/mol. The number of hydrogen-bond acceptors (Lipinski definition) is 4. The molecule has 2 amide bonds. The molecule has 142 valence electrons. The zero-order valence-electron chi connectivity index (χ0n) is 14.2. The van der Waals surface area contributed by atoms with E-state index >= 15 is 0 Å². The van der Waals surface area contributed by atoms with Gasteiger partial charge in [0.05, 0.1) is 36.2 Å². The van der Waals surface area contributed by atoms with Crippen LogP contribution in [0.1, 0.15) is 18.2 Å². The first-order valence-electron chi connectivity index (χ1n) is 8.02. The summed E-state index contributed by atoms with van der Waals surface area (Å²) in [5.41, 5.74) is -0.0637. The molecule has 0 aliphatic heterocycles. The number of rotatable bonds is 5. The predicted octanol–water partition coefficient (Wildman–Crippen LogP) is 2.82. The number of anilines is 1. The number of amides is 2. The van der Waals surface area contributed by atoms with Crippen molar-refractivity contribution in [3.05, 3.63) is 54.1 Å². The molecule has 8 nitrogen and oxygen atoms in total. The maximum absolute atomic E-state index is 13.0. The monoisotopic (exact) mass is 379 g/mol. The van der Waals surface area contributed by atoms with Crippen LogP contribution < -0.4 is 10.6 Å². The van der Waals surface area contributed by atoms with Crippen LogP contribution in [0.5, 0.6) is 0 Å². The third-order valence-corrected chi connectivity index (χ3v) is 3.62. The van der Waals surface area contributed by atoms with Gasteiger partial charge >= 0.3 is 12.2 Å². The van der Waals surface area contributed by atoms with Gasteiger partial charge in [-0.2, -0.15) is 33.3 Å². The number of alkyl halides is 3. The Hall–Kier alpha value is -3.37. The van der Waals surface area contributed by atoms with Gasteiger partial charge in [0.15, 0.2) is 0 Å². The molecule has 3 rings (SSSR count). The van der Waals surface area contributed by atoms with Crippen LogP contribution in [-0.4, -0.2) is 30.8 Å². The number of hydrogen-bond donors (Lipinski definition) is 2. The van der Waals surface area contributed by atoms with Gasteiger partial charge in [0.25, 0.3) is 0 Å². The summed E-state index contributed by atoms with van der Waals surface area (Å²) in [7, 11) is 0. The van der Waals surface area contributed by atoms with Crippen molar-refractivity contribution in [3.8, 4) is 5.69 Å². The smallest absolute Gasteiger partial charge is 0.332 e. The summed E-state index contributed by atoms with van der Waals surface area (Å²) in [5, 5.41) is 17.1. The molecule has 0 atom stereocenters. The number of nitrogens with one attached hydrogen (secondary N) is 2. The van der Waals surface area contributed by atoms with E-state index in [0.29, 0.717) is 17.9 Å².